The highest BCUT2D eigenvalue weighted by atomic mass is 16.5. The molecule has 2 fully saturated rings. The number of benzene rings is 1. The van der Waals surface area contributed by atoms with Crippen molar-refractivity contribution in [1.29, 1.82) is 0 Å². The van der Waals surface area contributed by atoms with Crippen molar-refractivity contribution in [3.05, 3.63) is 23.8 Å². The predicted molar refractivity (Wildman–Crippen MR) is 81.9 cm³/mol. The first-order valence-corrected chi connectivity index (χ1v) is 7.87. The highest BCUT2D eigenvalue weighted by molar-refractivity contribution is 5.40. The van der Waals surface area contributed by atoms with Gasteiger partial charge in [-0.2, -0.15) is 0 Å². The van der Waals surface area contributed by atoms with Gasteiger partial charge in [-0.15, -0.1) is 0 Å². The van der Waals surface area contributed by atoms with Gasteiger partial charge in [0.05, 0.1) is 19.3 Å². The van der Waals surface area contributed by atoms with Crippen LogP contribution in [0, 0.1) is 0 Å². The molecule has 0 amide bonds. The molecule has 4 heteroatoms. The van der Waals surface area contributed by atoms with Gasteiger partial charge < -0.3 is 19.5 Å². The second kappa shape index (κ2) is 6.24. The van der Waals surface area contributed by atoms with E-state index in [0.717, 1.165) is 43.1 Å². The maximum absolute atomic E-state index is 6.29. The van der Waals surface area contributed by atoms with E-state index in [-0.39, 0.29) is 11.7 Å². The SMILES string of the molecule is CNCc1cc(OC)ccc1OC1CCOC2(CCC2)C1. The molecule has 21 heavy (non-hydrogen) atoms. The van der Waals surface area contributed by atoms with Crippen LogP contribution in [0.25, 0.3) is 0 Å². The number of nitrogens with one attached hydrogen (secondary N) is 1. The monoisotopic (exact) mass is 291 g/mol. The van der Waals surface area contributed by atoms with Gasteiger partial charge in [0.15, 0.2) is 0 Å². The Labute approximate surface area is 126 Å². The molecule has 1 aliphatic heterocycles. The lowest BCUT2D eigenvalue weighted by Gasteiger charge is -2.47. The third kappa shape index (κ3) is 3.16. The molecule has 1 N–H and O–H groups in total. The molecule has 1 saturated carbocycles. The predicted octanol–water partition coefficient (Wildman–Crippen LogP) is 2.90. The third-order valence-corrected chi connectivity index (χ3v) is 4.64. The van der Waals surface area contributed by atoms with Crippen molar-refractivity contribution in [1.82, 2.24) is 5.32 Å². The molecule has 1 saturated heterocycles. The molecule has 1 unspecified atom stereocenters. The van der Waals surface area contributed by atoms with Crippen LogP contribution in [-0.2, 0) is 11.3 Å². The topological polar surface area (TPSA) is 39.7 Å². The fourth-order valence-corrected chi connectivity index (χ4v) is 3.31. The molecule has 3 rings (SSSR count). The molecule has 0 bridgehead atoms. The van der Waals surface area contributed by atoms with Crippen molar-refractivity contribution in [2.45, 2.75) is 50.4 Å². The maximum Gasteiger partial charge on any atom is 0.124 e. The van der Waals surface area contributed by atoms with Gasteiger partial charge in [-0.05, 0) is 44.5 Å². The first kappa shape index (κ1) is 14.7. The molecule has 1 aromatic carbocycles. The maximum atomic E-state index is 6.29. The zero-order valence-electron chi connectivity index (χ0n) is 13.0. The van der Waals surface area contributed by atoms with Crippen LogP contribution in [0.4, 0.5) is 0 Å². The van der Waals surface area contributed by atoms with E-state index in [1.807, 2.05) is 25.2 Å². The average molecular weight is 291 g/mol. The summed E-state index contributed by atoms with van der Waals surface area (Å²) in [7, 11) is 3.64. The normalized spacial score (nSPS) is 23.6. The minimum absolute atomic E-state index is 0.124. The van der Waals surface area contributed by atoms with Crippen LogP contribution in [0.15, 0.2) is 18.2 Å². The Kier molecular flexibility index (Phi) is 4.36. The molecule has 1 aromatic rings. The molecule has 2 aliphatic rings. The molecular weight excluding hydrogens is 266 g/mol. The number of ether oxygens (including phenoxy) is 3. The number of rotatable bonds is 5. The van der Waals surface area contributed by atoms with E-state index < -0.39 is 0 Å². The Balaban J connectivity index is 1.71. The van der Waals surface area contributed by atoms with Crippen molar-refractivity contribution in [2.24, 2.45) is 0 Å². The van der Waals surface area contributed by atoms with Crippen LogP contribution in [-0.4, -0.2) is 32.5 Å². The molecule has 0 radical (unpaired) electrons. The van der Waals surface area contributed by atoms with E-state index >= 15 is 0 Å². The molecule has 1 spiro atoms. The van der Waals surface area contributed by atoms with Gasteiger partial charge >= 0.3 is 0 Å². The Bertz CT molecular complexity index is 485. The molecule has 4 nitrogen and oxygen atoms in total. The summed E-state index contributed by atoms with van der Waals surface area (Å²) in [5, 5.41) is 3.19. The molecule has 116 valence electrons. The first-order valence-electron chi connectivity index (χ1n) is 7.87. The van der Waals surface area contributed by atoms with Crippen LogP contribution in [0.1, 0.15) is 37.7 Å². The second-order valence-electron chi connectivity index (χ2n) is 6.12. The number of hydrogen-bond acceptors (Lipinski definition) is 4. The molecular formula is C17H25NO3. The van der Waals surface area contributed by atoms with E-state index in [4.69, 9.17) is 14.2 Å². The van der Waals surface area contributed by atoms with Crippen molar-refractivity contribution >= 4 is 0 Å². The van der Waals surface area contributed by atoms with Crippen LogP contribution in [0.3, 0.4) is 0 Å². The van der Waals surface area contributed by atoms with Crippen molar-refractivity contribution < 1.29 is 14.2 Å². The van der Waals surface area contributed by atoms with Crippen LogP contribution in [0.5, 0.6) is 11.5 Å². The number of hydrogen-bond donors (Lipinski definition) is 1. The van der Waals surface area contributed by atoms with Crippen LogP contribution >= 0.6 is 0 Å². The van der Waals surface area contributed by atoms with E-state index in [1.165, 1.54) is 19.3 Å². The zero-order chi connectivity index (χ0) is 14.7. The summed E-state index contributed by atoms with van der Waals surface area (Å²) in [5.74, 6) is 1.83. The number of methoxy groups -OCH3 is 1. The minimum Gasteiger partial charge on any atom is -0.497 e. The summed E-state index contributed by atoms with van der Waals surface area (Å²) in [6.07, 6.45) is 5.95. The van der Waals surface area contributed by atoms with E-state index in [2.05, 4.69) is 5.32 Å². The van der Waals surface area contributed by atoms with Gasteiger partial charge in [0, 0.05) is 24.9 Å². The highest BCUT2D eigenvalue weighted by Crippen LogP contribution is 2.43. The van der Waals surface area contributed by atoms with E-state index in [9.17, 15) is 0 Å². The van der Waals surface area contributed by atoms with Crippen molar-refractivity contribution in [2.75, 3.05) is 20.8 Å². The fourth-order valence-electron chi connectivity index (χ4n) is 3.31. The summed E-state index contributed by atoms with van der Waals surface area (Å²) in [6, 6.07) is 6.03. The van der Waals surface area contributed by atoms with Gasteiger partial charge in [0.2, 0.25) is 0 Å². The summed E-state index contributed by atoms with van der Waals surface area (Å²) in [5.41, 5.74) is 1.27. The van der Waals surface area contributed by atoms with Crippen molar-refractivity contribution in [3.8, 4) is 11.5 Å². The average Bonchev–Trinajstić information content (AvgIpc) is 2.48. The summed E-state index contributed by atoms with van der Waals surface area (Å²) in [4.78, 5) is 0. The molecule has 1 atom stereocenters. The standard InChI is InChI=1S/C17H25NO3/c1-18-12-13-10-14(19-2)4-5-16(13)21-15-6-9-20-17(11-15)7-3-8-17/h4-5,10,15,18H,3,6-9,11-12H2,1-2H3. The highest BCUT2D eigenvalue weighted by Gasteiger charge is 2.43. The van der Waals surface area contributed by atoms with Crippen LogP contribution < -0.4 is 14.8 Å². The smallest absolute Gasteiger partial charge is 0.124 e. The van der Waals surface area contributed by atoms with E-state index in [0.29, 0.717) is 0 Å². The molecule has 1 aliphatic carbocycles. The molecule has 0 aromatic heterocycles. The first-order chi connectivity index (χ1) is 10.2. The lowest BCUT2D eigenvalue weighted by Crippen LogP contribution is -2.48. The molecule has 1 heterocycles. The lowest BCUT2D eigenvalue weighted by molar-refractivity contribution is -0.153. The quantitative estimate of drug-likeness (QED) is 0.905. The van der Waals surface area contributed by atoms with Gasteiger partial charge in [0.1, 0.15) is 17.6 Å². The van der Waals surface area contributed by atoms with Crippen LogP contribution in [0.2, 0.25) is 0 Å². The Hall–Kier alpha value is -1.26. The Morgan fingerprint density at radius 2 is 2.24 bits per heavy atom. The fraction of sp³-hybridized carbons (Fsp3) is 0.647. The second-order valence-corrected chi connectivity index (χ2v) is 6.12. The summed E-state index contributed by atoms with van der Waals surface area (Å²) in [6.45, 7) is 1.60. The zero-order valence-corrected chi connectivity index (χ0v) is 13.0. The lowest BCUT2D eigenvalue weighted by atomic mass is 9.74. The van der Waals surface area contributed by atoms with Gasteiger partial charge in [-0.3, -0.25) is 0 Å². The van der Waals surface area contributed by atoms with Gasteiger partial charge in [-0.25, -0.2) is 0 Å². The van der Waals surface area contributed by atoms with Gasteiger partial charge in [0.25, 0.3) is 0 Å². The minimum atomic E-state index is 0.124. The van der Waals surface area contributed by atoms with Crippen molar-refractivity contribution in [3.63, 3.8) is 0 Å². The summed E-state index contributed by atoms with van der Waals surface area (Å²) >= 11 is 0. The Morgan fingerprint density at radius 1 is 1.38 bits per heavy atom. The summed E-state index contributed by atoms with van der Waals surface area (Å²) < 4.78 is 17.6. The van der Waals surface area contributed by atoms with E-state index in [1.54, 1.807) is 7.11 Å². The third-order valence-electron chi connectivity index (χ3n) is 4.64. The Morgan fingerprint density at radius 3 is 2.90 bits per heavy atom. The largest absolute Gasteiger partial charge is 0.497 e. The van der Waals surface area contributed by atoms with Gasteiger partial charge in [-0.1, -0.05) is 0 Å².